The maximum absolute atomic E-state index is 12.2. The second kappa shape index (κ2) is 4.25. The molecular weight excluding hydrogens is 300 g/mol. The second-order valence-electron chi connectivity index (χ2n) is 5.87. The summed E-state index contributed by atoms with van der Waals surface area (Å²) >= 11 is 0. The number of carbonyl (C=O) groups is 2. The van der Waals surface area contributed by atoms with Crippen LogP contribution >= 0.6 is 0 Å². The Morgan fingerprint density at radius 2 is 1.13 bits per heavy atom. The Morgan fingerprint density at radius 1 is 0.739 bits per heavy atom. The number of phenolic OH excluding ortho intramolecular Hbond substituents is 4. The highest BCUT2D eigenvalue weighted by molar-refractivity contribution is 6.16. The van der Waals surface area contributed by atoms with E-state index in [-0.39, 0.29) is 34.1 Å². The summed E-state index contributed by atoms with van der Waals surface area (Å²) in [7, 11) is 0. The normalized spacial score (nSPS) is 13.2. The molecule has 4 N–H and O–H groups in total. The number of hydrogen-bond donors (Lipinski definition) is 4. The Labute approximate surface area is 130 Å². The number of ketones is 2. The third-order valence-corrected chi connectivity index (χ3v) is 4.37. The lowest BCUT2D eigenvalue weighted by Crippen LogP contribution is -2.09. The van der Waals surface area contributed by atoms with Crippen molar-refractivity contribution in [1.82, 2.24) is 0 Å². The topological polar surface area (TPSA) is 115 Å². The molecule has 2 aromatic rings. The Morgan fingerprint density at radius 3 is 1.52 bits per heavy atom. The molecule has 2 aliphatic carbocycles. The summed E-state index contributed by atoms with van der Waals surface area (Å²) in [4.78, 5) is 24.5. The van der Waals surface area contributed by atoms with Crippen molar-refractivity contribution < 1.29 is 30.0 Å². The lowest BCUT2D eigenvalue weighted by Gasteiger charge is -2.06. The van der Waals surface area contributed by atoms with Crippen LogP contribution < -0.4 is 0 Å². The number of carbonyl (C=O) groups excluding carboxylic acids is 2. The molecular formula is C17H12O6. The lowest BCUT2D eigenvalue weighted by atomic mass is 10.00. The van der Waals surface area contributed by atoms with Crippen molar-refractivity contribution in [2.45, 2.75) is 19.3 Å². The molecule has 0 unspecified atom stereocenters. The first-order valence-electron chi connectivity index (χ1n) is 7.08. The van der Waals surface area contributed by atoms with Crippen molar-refractivity contribution in [3.05, 3.63) is 45.5 Å². The second-order valence-corrected chi connectivity index (χ2v) is 5.87. The predicted octanol–water partition coefficient (Wildman–Crippen LogP) is 1.77. The Kier molecular flexibility index (Phi) is 2.52. The van der Waals surface area contributed by atoms with Crippen LogP contribution in [-0.4, -0.2) is 32.0 Å². The van der Waals surface area contributed by atoms with Crippen LogP contribution in [0.15, 0.2) is 12.1 Å². The standard InChI is InChI=1S/C17H12O6/c18-12-3-10(16(22)8-1-6(8)12)14(20)5-15(21)11-4-13(19)7-2-9(7)17(11)23/h3-4,18-19,22-23H,1-2,5H2. The van der Waals surface area contributed by atoms with Gasteiger partial charge in [-0.3, -0.25) is 9.59 Å². The van der Waals surface area contributed by atoms with Gasteiger partial charge in [-0.15, -0.1) is 0 Å². The average molecular weight is 312 g/mol. The number of phenols is 4. The molecule has 4 rings (SSSR count). The zero-order chi connectivity index (χ0) is 16.5. The van der Waals surface area contributed by atoms with Crippen molar-refractivity contribution in [2.75, 3.05) is 0 Å². The van der Waals surface area contributed by atoms with Crippen LogP contribution in [0.5, 0.6) is 23.0 Å². The van der Waals surface area contributed by atoms with Gasteiger partial charge in [-0.2, -0.15) is 0 Å². The largest absolute Gasteiger partial charge is 0.508 e. The molecule has 0 bridgehead atoms. The molecule has 0 radical (unpaired) electrons. The van der Waals surface area contributed by atoms with Crippen molar-refractivity contribution in [2.24, 2.45) is 0 Å². The molecule has 0 spiro atoms. The molecule has 0 atom stereocenters. The lowest BCUT2D eigenvalue weighted by molar-refractivity contribution is 0.0891. The highest BCUT2D eigenvalue weighted by Crippen LogP contribution is 2.46. The van der Waals surface area contributed by atoms with Crippen molar-refractivity contribution >= 4 is 11.6 Å². The van der Waals surface area contributed by atoms with Crippen LogP contribution in [0.2, 0.25) is 0 Å². The van der Waals surface area contributed by atoms with Crippen molar-refractivity contribution in [3.63, 3.8) is 0 Å². The molecule has 0 aromatic heterocycles. The fourth-order valence-corrected chi connectivity index (χ4v) is 2.88. The summed E-state index contributed by atoms with van der Waals surface area (Å²) in [6.45, 7) is 0. The van der Waals surface area contributed by atoms with Crippen LogP contribution in [0.4, 0.5) is 0 Å². The van der Waals surface area contributed by atoms with Gasteiger partial charge >= 0.3 is 0 Å². The molecule has 0 amide bonds. The number of Topliss-reactive ketones (excluding diaryl/α,β-unsaturated/α-hetero) is 2. The zero-order valence-electron chi connectivity index (χ0n) is 11.9. The number of rotatable bonds is 4. The van der Waals surface area contributed by atoms with Gasteiger partial charge < -0.3 is 20.4 Å². The van der Waals surface area contributed by atoms with Crippen LogP contribution in [0.3, 0.4) is 0 Å². The summed E-state index contributed by atoms with van der Waals surface area (Å²) in [6.07, 6.45) is 0.286. The zero-order valence-corrected chi connectivity index (χ0v) is 11.9. The van der Waals surface area contributed by atoms with Crippen LogP contribution in [-0.2, 0) is 12.8 Å². The third kappa shape index (κ3) is 1.95. The number of hydrogen-bond acceptors (Lipinski definition) is 6. The molecule has 6 nitrogen and oxygen atoms in total. The van der Waals surface area contributed by atoms with E-state index in [1.807, 2.05) is 0 Å². The SMILES string of the molecule is O=C(CC(=O)c1cc(O)c2c(c1O)C2)c1cc(O)c2c(c1O)C2. The first-order chi connectivity index (χ1) is 10.9. The number of fused-ring (bicyclic) bond motifs is 2. The molecule has 0 heterocycles. The minimum absolute atomic E-state index is 0.0707. The maximum atomic E-state index is 12.2. The smallest absolute Gasteiger partial charge is 0.174 e. The summed E-state index contributed by atoms with van der Waals surface area (Å²) in [5.41, 5.74) is 2.04. The van der Waals surface area contributed by atoms with Crippen molar-refractivity contribution in [3.8, 4) is 23.0 Å². The molecule has 2 aliphatic rings. The van der Waals surface area contributed by atoms with Gasteiger partial charge in [-0.25, -0.2) is 0 Å². The molecule has 0 aliphatic heterocycles. The van der Waals surface area contributed by atoms with E-state index in [2.05, 4.69) is 0 Å². The maximum Gasteiger partial charge on any atom is 0.174 e. The first-order valence-corrected chi connectivity index (χ1v) is 7.08. The summed E-state index contributed by atoms with van der Waals surface area (Å²) in [5.74, 6) is -1.86. The van der Waals surface area contributed by atoms with E-state index in [9.17, 15) is 30.0 Å². The van der Waals surface area contributed by atoms with E-state index in [0.717, 1.165) is 12.1 Å². The Balaban J connectivity index is 1.62. The Hall–Kier alpha value is -3.02. The Bertz CT molecular complexity index is 850. The van der Waals surface area contributed by atoms with Crippen LogP contribution in [0.1, 0.15) is 49.4 Å². The molecule has 0 saturated heterocycles. The first kappa shape index (κ1) is 13.6. The summed E-state index contributed by atoms with van der Waals surface area (Å²) in [6, 6.07) is 2.31. The van der Waals surface area contributed by atoms with Gasteiger partial charge in [0.15, 0.2) is 11.6 Å². The van der Waals surface area contributed by atoms with E-state index in [4.69, 9.17) is 0 Å². The van der Waals surface area contributed by atoms with E-state index < -0.39 is 18.0 Å². The fourth-order valence-electron chi connectivity index (χ4n) is 2.88. The molecule has 0 saturated carbocycles. The van der Waals surface area contributed by atoms with E-state index in [0.29, 0.717) is 35.1 Å². The highest BCUT2D eigenvalue weighted by Gasteiger charge is 2.33. The minimum atomic E-state index is -0.652. The van der Waals surface area contributed by atoms with Gasteiger partial charge in [-0.05, 0) is 12.1 Å². The summed E-state index contributed by atoms with van der Waals surface area (Å²) < 4.78 is 0. The van der Waals surface area contributed by atoms with E-state index in [1.165, 1.54) is 0 Å². The van der Waals surface area contributed by atoms with E-state index in [1.54, 1.807) is 0 Å². The molecule has 23 heavy (non-hydrogen) atoms. The van der Waals surface area contributed by atoms with Crippen molar-refractivity contribution in [1.29, 1.82) is 0 Å². The fraction of sp³-hybridized carbons (Fsp3) is 0.176. The number of aromatic hydroxyl groups is 4. The van der Waals surface area contributed by atoms with Crippen LogP contribution in [0, 0.1) is 0 Å². The van der Waals surface area contributed by atoms with Gasteiger partial charge in [0.2, 0.25) is 0 Å². The van der Waals surface area contributed by atoms with Gasteiger partial charge in [0.25, 0.3) is 0 Å². The average Bonchev–Trinajstić information content (AvgIpc) is 3.36. The van der Waals surface area contributed by atoms with Crippen LogP contribution in [0.25, 0.3) is 0 Å². The monoisotopic (exact) mass is 312 g/mol. The van der Waals surface area contributed by atoms with Gasteiger partial charge in [0.1, 0.15) is 23.0 Å². The predicted molar refractivity (Wildman–Crippen MR) is 78.4 cm³/mol. The van der Waals surface area contributed by atoms with Gasteiger partial charge in [0, 0.05) is 35.1 Å². The quantitative estimate of drug-likeness (QED) is 0.259. The third-order valence-electron chi connectivity index (χ3n) is 4.37. The van der Waals surface area contributed by atoms with Gasteiger partial charge in [-0.1, -0.05) is 0 Å². The molecule has 116 valence electrons. The highest BCUT2D eigenvalue weighted by atomic mass is 16.3. The molecule has 6 heteroatoms. The minimum Gasteiger partial charge on any atom is -0.508 e. The van der Waals surface area contributed by atoms with E-state index >= 15 is 0 Å². The molecule has 2 aromatic carbocycles. The number of benzene rings is 2. The van der Waals surface area contributed by atoms with Gasteiger partial charge in [0.05, 0.1) is 17.5 Å². The molecule has 0 fully saturated rings. The summed E-state index contributed by atoms with van der Waals surface area (Å²) in [5, 5.41) is 39.3.